The second-order valence-electron chi connectivity index (χ2n) is 7.08. The molecule has 0 radical (unpaired) electrons. The lowest BCUT2D eigenvalue weighted by Gasteiger charge is -2.18. The molecule has 0 aliphatic rings. The Bertz CT molecular complexity index is 724. The summed E-state index contributed by atoms with van der Waals surface area (Å²) in [5.74, 6) is 2.18. The Morgan fingerprint density at radius 2 is 1.93 bits per heavy atom. The minimum Gasteiger partial charge on any atom is -0.493 e. The van der Waals surface area contributed by atoms with Crippen LogP contribution in [0.5, 0.6) is 5.75 Å². The maximum absolute atomic E-state index is 5.74. The largest absolute Gasteiger partial charge is 0.493 e. The number of thiazole rings is 1. The van der Waals surface area contributed by atoms with Crippen LogP contribution in [0.4, 0.5) is 5.13 Å². The zero-order valence-corrected chi connectivity index (χ0v) is 17.9. The van der Waals surface area contributed by atoms with Crippen LogP contribution in [0.2, 0.25) is 0 Å². The van der Waals surface area contributed by atoms with Gasteiger partial charge in [0, 0.05) is 26.5 Å². The summed E-state index contributed by atoms with van der Waals surface area (Å²) in [5.41, 5.74) is 2.18. The molecule has 0 bridgehead atoms. The number of aromatic nitrogens is 1. The Labute approximate surface area is 166 Å². The fourth-order valence-electron chi connectivity index (χ4n) is 2.36. The van der Waals surface area contributed by atoms with Crippen molar-refractivity contribution in [2.45, 2.75) is 33.4 Å². The van der Waals surface area contributed by atoms with E-state index in [1.54, 1.807) is 18.4 Å². The Balaban J connectivity index is 1.87. The van der Waals surface area contributed by atoms with Gasteiger partial charge in [-0.3, -0.25) is 4.99 Å². The van der Waals surface area contributed by atoms with E-state index in [0.717, 1.165) is 29.1 Å². The molecule has 7 heteroatoms. The normalized spacial score (nSPS) is 12.8. The highest BCUT2D eigenvalue weighted by molar-refractivity contribution is 7.13. The second-order valence-corrected chi connectivity index (χ2v) is 7.92. The number of guanidine groups is 1. The first-order chi connectivity index (χ1) is 12.9. The molecule has 27 heavy (non-hydrogen) atoms. The van der Waals surface area contributed by atoms with Crippen molar-refractivity contribution in [2.24, 2.45) is 10.9 Å². The first kappa shape index (κ1) is 21.0. The van der Waals surface area contributed by atoms with E-state index in [-0.39, 0.29) is 6.04 Å². The second kappa shape index (κ2) is 10.2. The van der Waals surface area contributed by atoms with Gasteiger partial charge in [0.1, 0.15) is 5.75 Å². The molecular weight excluding hydrogens is 358 g/mol. The average Bonchev–Trinajstić information content (AvgIpc) is 3.13. The molecule has 2 aromatic rings. The van der Waals surface area contributed by atoms with Crippen molar-refractivity contribution in [1.82, 2.24) is 15.6 Å². The van der Waals surface area contributed by atoms with E-state index in [1.807, 2.05) is 31.1 Å². The van der Waals surface area contributed by atoms with Gasteiger partial charge in [-0.15, -0.1) is 11.3 Å². The molecule has 1 unspecified atom stereocenters. The first-order valence-corrected chi connectivity index (χ1v) is 10.1. The first-order valence-electron chi connectivity index (χ1n) is 9.20. The highest BCUT2D eigenvalue weighted by atomic mass is 32.1. The van der Waals surface area contributed by atoms with Crippen molar-refractivity contribution in [1.29, 1.82) is 0 Å². The summed E-state index contributed by atoms with van der Waals surface area (Å²) in [6.07, 6.45) is 0. The van der Waals surface area contributed by atoms with Crippen molar-refractivity contribution in [3.63, 3.8) is 0 Å². The molecule has 0 fully saturated rings. The molecule has 1 aromatic heterocycles. The SMILES string of the molecule is CN=C(NCc1csc(N(C)C)n1)NC(C)c1ccc(OCC(C)C)cc1. The molecule has 2 N–H and O–H groups in total. The van der Waals surface area contributed by atoms with Crippen LogP contribution in [0.15, 0.2) is 34.6 Å². The fourth-order valence-corrected chi connectivity index (χ4v) is 3.11. The third-order valence-electron chi connectivity index (χ3n) is 3.90. The standard InChI is InChI=1S/C20H31N5OS/c1-14(2)12-26-18-9-7-16(8-10-18)15(3)23-19(21-4)22-11-17-13-27-20(24-17)25(5)6/h7-10,13-15H,11-12H2,1-6H3,(H2,21,22,23). The maximum Gasteiger partial charge on any atom is 0.191 e. The van der Waals surface area contributed by atoms with Gasteiger partial charge in [0.15, 0.2) is 11.1 Å². The van der Waals surface area contributed by atoms with Gasteiger partial charge in [-0.2, -0.15) is 0 Å². The van der Waals surface area contributed by atoms with Crippen molar-refractivity contribution >= 4 is 22.4 Å². The number of rotatable bonds is 8. The van der Waals surface area contributed by atoms with E-state index >= 15 is 0 Å². The summed E-state index contributed by atoms with van der Waals surface area (Å²) >= 11 is 1.64. The summed E-state index contributed by atoms with van der Waals surface area (Å²) in [5, 5.41) is 9.81. The van der Waals surface area contributed by atoms with Crippen LogP contribution < -0.4 is 20.3 Å². The summed E-state index contributed by atoms with van der Waals surface area (Å²) in [7, 11) is 5.77. The number of ether oxygens (including phenoxy) is 1. The topological polar surface area (TPSA) is 61.8 Å². The lowest BCUT2D eigenvalue weighted by Crippen LogP contribution is -2.38. The van der Waals surface area contributed by atoms with E-state index in [9.17, 15) is 0 Å². The minimum atomic E-state index is 0.128. The summed E-state index contributed by atoms with van der Waals surface area (Å²) in [6, 6.07) is 8.34. The molecule has 148 valence electrons. The molecule has 1 heterocycles. The van der Waals surface area contributed by atoms with Gasteiger partial charge in [-0.1, -0.05) is 26.0 Å². The zero-order valence-electron chi connectivity index (χ0n) is 17.1. The van der Waals surface area contributed by atoms with Gasteiger partial charge in [0.25, 0.3) is 0 Å². The molecule has 0 saturated heterocycles. The van der Waals surface area contributed by atoms with Gasteiger partial charge in [0.2, 0.25) is 0 Å². The van der Waals surface area contributed by atoms with Crippen LogP contribution in [-0.2, 0) is 6.54 Å². The highest BCUT2D eigenvalue weighted by Crippen LogP contribution is 2.19. The molecule has 0 aliphatic heterocycles. The van der Waals surface area contributed by atoms with Crippen LogP contribution >= 0.6 is 11.3 Å². The predicted octanol–water partition coefficient (Wildman–Crippen LogP) is 3.67. The van der Waals surface area contributed by atoms with E-state index in [2.05, 4.69) is 58.9 Å². The van der Waals surface area contributed by atoms with Crippen LogP contribution in [-0.4, -0.2) is 38.7 Å². The number of hydrogen-bond donors (Lipinski definition) is 2. The lowest BCUT2D eigenvalue weighted by molar-refractivity contribution is 0.271. The smallest absolute Gasteiger partial charge is 0.191 e. The predicted molar refractivity (Wildman–Crippen MR) is 115 cm³/mol. The number of benzene rings is 1. The zero-order chi connectivity index (χ0) is 19.8. The highest BCUT2D eigenvalue weighted by Gasteiger charge is 2.09. The van der Waals surface area contributed by atoms with E-state index in [4.69, 9.17) is 4.74 Å². The van der Waals surface area contributed by atoms with Crippen LogP contribution in [0.1, 0.15) is 38.1 Å². The maximum atomic E-state index is 5.74. The monoisotopic (exact) mass is 389 g/mol. The Morgan fingerprint density at radius 1 is 1.22 bits per heavy atom. The van der Waals surface area contributed by atoms with Crippen molar-refractivity contribution < 1.29 is 4.74 Å². The van der Waals surface area contributed by atoms with Crippen molar-refractivity contribution in [2.75, 3.05) is 32.6 Å². The summed E-state index contributed by atoms with van der Waals surface area (Å²) in [6.45, 7) is 7.77. The number of nitrogens with one attached hydrogen (secondary N) is 2. The number of hydrogen-bond acceptors (Lipinski definition) is 5. The van der Waals surface area contributed by atoms with Gasteiger partial charge < -0.3 is 20.3 Å². The number of nitrogens with zero attached hydrogens (tertiary/aromatic N) is 3. The molecule has 1 aromatic carbocycles. The van der Waals surface area contributed by atoms with Crippen LogP contribution in [0.25, 0.3) is 0 Å². The van der Waals surface area contributed by atoms with Gasteiger partial charge in [0.05, 0.1) is 24.9 Å². The van der Waals surface area contributed by atoms with Crippen molar-refractivity contribution in [3.8, 4) is 5.75 Å². The van der Waals surface area contributed by atoms with Gasteiger partial charge in [-0.05, 0) is 30.5 Å². The van der Waals surface area contributed by atoms with Crippen LogP contribution in [0, 0.1) is 5.92 Å². The molecule has 2 rings (SSSR count). The quantitative estimate of drug-likeness (QED) is 0.533. The van der Waals surface area contributed by atoms with E-state index in [0.29, 0.717) is 12.5 Å². The van der Waals surface area contributed by atoms with Crippen molar-refractivity contribution in [3.05, 3.63) is 40.9 Å². The Hall–Kier alpha value is -2.28. The molecule has 0 aliphatic carbocycles. The Kier molecular flexibility index (Phi) is 7.91. The molecule has 0 amide bonds. The van der Waals surface area contributed by atoms with E-state index in [1.165, 1.54) is 5.56 Å². The minimum absolute atomic E-state index is 0.128. The molecule has 0 spiro atoms. The molecule has 1 atom stereocenters. The van der Waals surface area contributed by atoms with E-state index < -0.39 is 0 Å². The summed E-state index contributed by atoms with van der Waals surface area (Å²) < 4.78 is 5.74. The fraction of sp³-hybridized carbons (Fsp3) is 0.500. The van der Waals surface area contributed by atoms with Gasteiger partial charge >= 0.3 is 0 Å². The third-order valence-corrected chi connectivity index (χ3v) is 4.96. The third kappa shape index (κ3) is 6.75. The van der Waals surface area contributed by atoms with Crippen LogP contribution in [0.3, 0.4) is 0 Å². The molecular formula is C20H31N5OS. The number of aliphatic imine (C=N–C) groups is 1. The lowest BCUT2D eigenvalue weighted by atomic mass is 10.1. The number of anilines is 1. The molecule has 6 nitrogen and oxygen atoms in total. The average molecular weight is 390 g/mol. The summed E-state index contributed by atoms with van der Waals surface area (Å²) in [4.78, 5) is 10.9. The molecule has 0 saturated carbocycles. The Morgan fingerprint density at radius 3 is 2.48 bits per heavy atom. The van der Waals surface area contributed by atoms with Gasteiger partial charge in [-0.25, -0.2) is 4.98 Å².